The number of aliphatic hydroxyl groups excluding tert-OH is 1. The highest BCUT2D eigenvalue weighted by molar-refractivity contribution is 7.71. The van der Waals surface area contributed by atoms with E-state index in [0.717, 1.165) is 0 Å². The van der Waals surface area contributed by atoms with Gasteiger partial charge in [-0.1, -0.05) is 18.2 Å². The van der Waals surface area contributed by atoms with Gasteiger partial charge in [0, 0.05) is 11.8 Å². The van der Waals surface area contributed by atoms with Crippen LogP contribution in [0.1, 0.15) is 32.6 Å². The fourth-order valence-electron chi connectivity index (χ4n) is 3.35. The molecule has 0 amide bonds. The monoisotopic (exact) mass is 561 g/mol. The summed E-state index contributed by atoms with van der Waals surface area (Å²) < 4.78 is 37.3. The highest BCUT2D eigenvalue weighted by Gasteiger charge is 2.45. The van der Waals surface area contributed by atoms with Crippen molar-refractivity contribution in [2.24, 2.45) is 0 Å². The van der Waals surface area contributed by atoms with Crippen molar-refractivity contribution < 1.29 is 33.0 Å². The lowest BCUT2D eigenvalue weighted by atomic mass is 10.2. The smallest absolute Gasteiger partial charge is 0.459 e. The number of hydrogen-bond donors (Lipinski definition) is 3. The number of carbonyl (C=O) groups excluding carboxylic acids is 1. The first kappa shape index (κ1) is 28.5. The van der Waals surface area contributed by atoms with E-state index in [1.165, 1.54) is 17.7 Å². The number of esters is 1. The van der Waals surface area contributed by atoms with Crippen LogP contribution in [-0.4, -0.2) is 57.0 Å². The fraction of sp³-hybridized carbons (Fsp3) is 0.500. The second kappa shape index (κ2) is 12.0. The number of aliphatic hydroxyl groups is 1. The second-order valence-electron chi connectivity index (χ2n) is 8.51. The number of halogens is 1. The van der Waals surface area contributed by atoms with Crippen molar-refractivity contribution >= 4 is 37.5 Å². The summed E-state index contributed by atoms with van der Waals surface area (Å²) in [4.78, 5) is 26.6. The maximum Gasteiger partial charge on any atom is 0.459 e. The fourth-order valence-corrected chi connectivity index (χ4v) is 5.44. The third-order valence-corrected chi connectivity index (χ3v) is 7.58. The number of para-hydroxylation sites is 1. The molecular weight excluding hydrogens is 533 g/mol. The van der Waals surface area contributed by atoms with Crippen molar-refractivity contribution in [2.75, 3.05) is 6.61 Å². The Bertz CT molecular complexity index is 1220. The first-order valence-corrected chi connectivity index (χ1v) is 13.6. The van der Waals surface area contributed by atoms with Gasteiger partial charge in [-0.2, -0.15) is 5.09 Å². The van der Waals surface area contributed by atoms with Gasteiger partial charge in [0.1, 0.15) is 29.4 Å². The maximum atomic E-state index is 13.6. The topological polar surface area (TPSA) is 141 Å². The molecule has 198 valence electrons. The number of aromatic nitrogens is 2. The van der Waals surface area contributed by atoms with Crippen molar-refractivity contribution in [3.05, 3.63) is 57.2 Å². The van der Waals surface area contributed by atoms with Crippen molar-refractivity contribution in [1.29, 1.82) is 0 Å². The second-order valence-corrected chi connectivity index (χ2v) is 11.1. The third-order valence-electron chi connectivity index (χ3n) is 5.15. The molecule has 1 aromatic heterocycles. The Hall–Kier alpha value is -2.05. The Balaban J connectivity index is 1.77. The van der Waals surface area contributed by atoms with Crippen LogP contribution in [0.25, 0.3) is 0 Å². The standard InChI is InChI=1S/C22H29ClN3O8PS/c1-12(2)32-21(29)14(4)25-35(30,34-15-8-6-5-7-9-15)31-11-16-18(27)17(23)20(33-16)26-10-13(3)19(28)24-22(26)36/h5-10,12,14,16-18,20,27H,11H2,1-4H3,(H,25,30)(H,24,28,36)/t14-,16?,17?,18+,20-,35?/m0/s1. The van der Waals surface area contributed by atoms with Gasteiger partial charge in [-0.05, 0) is 52.0 Å². The van der Waals surface area contributed by atoms with Crippen LogP contribution >= 0.6 is 31.6 Å². The summed E-state index contributed by atoms with van der Waals surface area (Å²) in [6.45, 7) is 6.03. The largest absolute Gasteiger partial charge is 0.462 e. The number of aromatic amines is 1. The van der Waals surface area contributed by atoms with E-state index in [2.05, 4.69) is 10.1 Å². The molecule has 3 N–H and O–H groups in total. The highest BCUT2D eigenvalue weighted by Crippen LogP contribution is 2.46. The van der Waals surface area contributed by atoms with E-state index in [4.69, 9.17) is 42.3 Å². The normalized spacial score (nSPS) is 24.3. The van der Waals surface area contributed by atoms with E-state index in [-0.39, 0.29) is 22.2 Å². The molecule has 0 bridgehead atoms. The molecule has 1 aromatic carbocycles. The van der Waals surface area contributed by atoms with Gasteiger partial charge in [0.15, 0.2) is 11.0 Å². The van der Waals surface area contributed by atoms with Crippen molar-refractivity contribution in [3.63, 3.8) is 0 Å². The number of benzene rings is 1. The number of carbonyl (C=O) groups is 1. The number of hydrogen-bond acceptors (Lipinski definition) is 9. The van der Waals surface area contributed by atoms with E-state index in [0.29, 0.717) is 5.56 Å². The van der Waals surface area contributed by atoms with Crippen molar-refractivity contribution in [2.45, 2.75) is 63.7 Å². The van der Waals surface area contributed by atoms with Gasteiger partial charge < -0.3 is 19.1 Å². The lowest BCUT2D eigenvalue weighted by Gasteiger charge is -2.25. The summed E-state index contributed by atoms with van der Waals surface area (Å²) in [5, 5.41) is 12.3. The van der Waals surface area contributed by atoms with Gasteiger partial charge in [0.2, 0.25) is 0 Å². The van der Waals surface area contributed by atoms with Gasteiger partial charge in [-0.3, -0.25) is 23.7 Å². The molecule has 3 unspecified atom stereocenters. The Labute approximate surface area is 218 Å². The third kappa shape index (κ3) is 7.04. The van der Waals surface area contributed by atoms with Crippen LogP contribution in [0, 0.1) is 11.7 Å². The Morgan fingerprint density at radius 1 is 1.33 bits per heavy atom. The molecule has 0 aliphatic carbocycles. The summed E-state index contributed by atoms with van der Waals surface area (Å²) in [5.41, 5.74) is 0.0217. The van der Waals surface area contributed by atoms with E-state index in [1.54, 1.807) is 51.1 Å². The number of nitrogens with zero attached hydrogens (tertiary/aromatic N) is 1. The van der Waals surface area contributed by atoms with Gasteiger partial charge in [-0.25, -0.2) is 4.57 Å². The zero-order valence-corrected chi connectivity index (χ0v) is 22.6. The molecule has 2 heterocycles. The molecule has 0 radical (unpaired) electrons. The Kier molecular flexibility index (Phi) is 9.50. The number of ether oxygens (including phenoxy) is 2. The Morgan fingerprint density at radius 3 is 2.64 bits per heavy atom. The van der Waals surface area contributed by atoms with Crippen LogP contribution < -0.4 is 15.2 Å². The predicted octanol–water partition coefficient (Wildman–Crippen LogP) is 3.21. The van der Waals surface area contributed by atoms with Gasteiger partial charge in [-0.15, -0.1) is 11.6 Å². The zero-order chi connectivity index (χ0) is 26.6. The molecule has 2 aromatic rings. The quantitative estimate of drug-likeness (QED) is 0.171. The van der Waals surface area contributed by atoms with Crippen LogP contribution in [-0.2, 0) is 23.4 Å². The number of H-pyrrole nitrogens is 1. The van der Waals surface area contributed by atoms with Gasteiger partial charge in [0.25, 0.3) is 5.56 Å². The molecule has 0 spiro atoms. The minimum atomic E-state index is -4.17. The lowest BCUT2D eigenvalue weighted by molar-refractivity contribution is -0.149. The average molecular weight is 562 g/mol. The van der Waals surface area contributed by atoms with E-state index in [9.17, 15) is 19.3 Å². The number of rotatable bonds is 10. The highest BCUT2D eigenvalue weighted by atomic mass is 35.5. The first-order valence-electron chi connectivity index (χ1n) is 11.2. The van der Waals surface area contributed by atoms with Gasteiger partial charge in [0.05, 0.1) is 12.7 Å². The molecule has 36 heavy (non-hydrogen) atoms. The molecular formula is C22H29ClN3O8PS. The van der Waals surface area contributed by atoms with Crippen molar-refractivity contribution in [3.8, 4) is 5.75 Å². The number of alkyl halides is 1. The summed E-state index contributed by atoms with van der Waals surface area (Å²) in [6.07, 6.45) is -2.09. The summed E-state index contributed by atoms with van der Waals surface area (Å²) in [5.74, 6) is -0.417. The molecule has 0 saturated carbocycles. The van der Waals surface area contributed by atoms with Crippen LogP contribution in [0.4, 0.5) is 0 Å². The van der Waals surface area contributed by atoms with Gasteiger partial charge >= 0.3 is 13.7 Å². The molecule has 1 saturated heterocycles. The molecule has 11 nitrogen and oxygen atoms in total. The molecule has 14 heteroatoms. The Morgan fingerprint density at radius 2 is 2.00 bits per heavy atom. The van der Waals surface area contributed by atoms with Crippen LogP contribution in [0.2, 0.25) is 0 Å². The van der Waals surface area contributed by atoms with E-state index in [1.807, 2.05) is 0 Å². The predicted molar refractivity (Wildman–Crippen MR) is 135 cm³/mol. The molecule has 1 aliphatic heterocycles. The minimum Gasteiger partial charge on any atom is -0.462 e. The van der Waals surface area contributed by atoms with E-state index < -0.39 is 50.2 Å². The molecule has 6 atom stereocenters. The number of nitrogens with one attached hydrogen (secondary N) is 2. The lowest BCUT2D eigenvalue weighted by Crippen LogP contribution is -2.37. The zero-order valence-electron chi connectivity index (χ0n) is 20.1. The summed E-state index contributed by atoms with van der Waals surface area (Å²) in [6, 6.07) is 7.22. The van der Waals surface area contributed by atoms with Crippen molar-refractivity contribution in [1.82, 2.24) is 14.6 Å². The summed E-state index contributed by atoms with van der Waals surface area (Å²) in [7, 11) is -4.17. The average Bonchev–Trinajstić information content (AvgIpc) is 3.08. The summed E-state index contributed by atoms with van der Waals surface area (Å²) >= 11 is 11.6. The van der Waals surface area contributed by atoms with E-state index >= 15 is 0 Å². The van der Waals surface area contributed by atoms with Crippen LogP contribution in [0.3, 0.4) is 0 Å². The minimum absolute atomic E-state index is 0.0623. The first-order chi connectivity index (χ1) is 16.9. The maximum absolute atomic E-state index is 13.6. The SMILES string of the molecule is Cc1cn([C@H]2OC(COP(=O)(N[C@@H](C)C(=O)OC(C)C)Oc3ccccc3)[C@@H](O)C2Cl)c(=S)[nH]c1=O. The molecule has 1 aliphatic rings. The molecule has 1 fully saturated rings. The van der Waals surface area contributed by atoms with Crippen LogP contribution in [0.5, 0.6) is 5.75 Å². The molecule has 3 rings (SSSR count). The van der Waals surface area contributed by atoms with Crippen LogP contribution in [0.15, 0.2) is 41.3 Å². The number of aryl methyl sites for hydroxylation is 1.